The van der Waals surface area contributed by atoms with E-state index in [9.17, 15) is 9.59 Å². The van der Waals surface area contributed by atoms with Gasteiger partial charge in [0.1, 0.15) is 5.75 Å². The number of amides is 1. The summed E-state index contributed by atoms with van der Waals surface area (Å²) in [6.45, 7) is 3.04. The van der Waals surface area contributed by atoms with Crippen LogP contribution in [-0.4, -0.2) is 41.9 Å². The van der Waals surface area contributed by atoms with E-state index in [4.69, 9.17) is 26.2 Å². The highest BCUT2D eigenvalue weighted by Gasteiger charge is 2.38. The third-order valence-corrected chi connectivity index (χ3v) is 6.97. The van der Waals surface area contributed by atoms with Crippen LogP contribution in [0.4, 0.5) is 0 Å². The molecule has 2 aliphatic heterocycles. The first-order chi connectivity index (χ1) is 16.5. The Kier molecular flexibility index (Phi) is 6.15. The summed E-state index contributed by atoms with van der Waals surface area (Å²) in [5, 5.41) is 7.79. The van der Waals surface area contributed by atoms with Crippen molar-refractivity contribution < 1.29 is 14.3 Å². The predicted molar refractivity (Wildman–Crippen MR) is 132 cm³/mol. The first-order valence-electron chi connectivity index (χ1n) is 11.4. The lowest BCUT2D eigenvalue weighted by Gasteiger charge is -2.28. The molecule has 1 fully saturated rings. The quantitative estimate of drug-likeness (QED) is 0.592. The van der Waals surface area contributed by atoms with Crippen molar-refractivity contribution in [3.8, 4) is 5.75 Å². The van der Waals surface area contributed by atoms with Crippen LogP contribution >= 0.6 is 11.6 Å². The van der Waals surface area contributed by atoms with Gasteiger partial charge >= 0.3 is 0 Å². The molecular weight excluding hydrogens is 454 g/mol. The number of H-pyrrole nitrogens is 1. The number of nitrogens with one attached hydrogen (secondary N) is 1. The average Bonchev–Trinajstić information content (AvgIpc) is 3.29. The molecule has 1 saturated heterocycles. The molecular formula is C26H26ClN3O4. The number of benzene rings is 2. The first-order valence-corrected chi connectivity index (χ1v) is 11.8. The molecule has 3 aromatic rings. The molecule has 1 N–H and O–H groups in total. The van der Waals surface area contributed by atoms with Crippen LogP contribution in [0.3, 0.4) is 0 Å². The molecule has 34 heavy (non-hydrogen) atoms. The number of halogens is 1. The fraction of sp³-hybridized carbons (Fsp3) is 0.346. The highest BCUT2D eigenvalue weighted by atomic mass is 35.5. The van der Waals surface area contributed by atoms with Gasteiger partial charge in [-0.2, -0.15) is 5.10 Å². The molecule has 0 saturated carbocycles. The summed E-state index contributed by atoms with van der Waals surface area (Å²) < 4.78 is 10.7. The van der Waals surface area contributed by atoms with Crippen LogP contribution in [0.25, 0.3) is 10.9 Å². The lowest BCUT2D eigenvalue weighted by atomic mass is 9.94. The largest absolute Gasteiger partial charge is 0.497 e. The van der Waals surface area contributed by atoms with Crippen molar-refractivity contribution in [3.05, 3.63) is 74.5 Å². The third kappa shape index (κ3) is 4.10. The van der Waals surface area contributed by atoms with Crippen LogP contribution in [0, 0.1) is 12.8 Å². The molecule has 0 spiro atoms. The molecule has 1 unspecified atom stereocenters. The van der Waals surface area contributed by atoms with Gasteiger partial charge in [-0.15, -0.1) is 0 Å². The molecule has 2 aromatic carbocycles. The van der Waals surface area contributed by atoms with Gasteiger partial charge in [0, 0.05) is 41.5 Å². The number of aromatic amines is 1. The summed E-state index contributed by atoms with van der Waals surface area (Å²) in [4.78, 5) is 29.6. The molecule has 1 aromatic heterocycles. The van der Waals surface area contributed by atoms with E-state index >= 15 is 0 Å². The van der Waals surface area contributed by atoms with Crippen LogP contribution in [0.15, 0.2) is 52.4 Å². The maximum absolute atomic E-state index is 13.5. The number of carbonyl (C=O) groups is 1. The van der Waals surface area contributed by atoms with Crippen molar-refractivity contribution in [1.29, 1.82) is 0 Å². The van der Waals surface area contributed by atoms with Gasteiger partial charge in [0.15, 0.2) is 0 Å². The maximum Gasteiger partial charge on any atom is 0.257 e. The molecule has 2 aliphatic rings. The Labute approximate surface area is 202 Å². The van der Waals surface area contributed by atoms with Crippen LogP contribution in [0.2, 0.25) is 5.02 Å². The topological polar surface area (TPSA) is 84.0 Å². The van der Waals surface area contributed by atoms with Gasteiger partial charge in [0.25, 0.3) is 5.56 Å². The minimum atomic E-state index is -0.301. The average molecular weight is 480 g/mol. The first kappa shape index (κ1) is 22.6. The van der Waals surface area contributed by atoms with E-state index < -0.39 is 0 Å². The number of pyridine rings is 1. The van der Waals surface area contributed by atoms with Gasteiger partial charge in [0.2, 0.25) is 5.91 Å². The Bertz CT molecular complexity index is 1330. The fourth-order valence-electron chi connectivity index (χ4n) is 4.85. The molecule has 1 amide bonds. The summed E-state index contributed by atoms with van der Waals surface area (Å²) in [5.41, 5.74) is 3.33. The molecule has 176 valence electrons. The molecule has 7 nitrogen and oxygen atoms in total. The third-order valence-electron chi connectivity index (χ3n) is 6.73. The Hall–Kier alpha value is -3.16. The lowest BCUT2D eigenvalue weighted by molar-refractivity contribution is -0.140. The SMILES string of the molecule is COc1ccc(C2CC(c3c(C)c4cc(Cl)ccc4[nH]c3=O)=NN2C(=O)C2CCOCC2)cc1. The van der Waals surface area contributed by atoms with Crippen molar-refractivity contribution in [3.63, 3.8) is 0 Å². The van der Waals surface area contributed by atoms with Gasteiger partial charge < -0.3 is 14.5 Å². The second-order valence-electron chi connectivity index (χ2n) is 8.75. The molecule has 0 radical (unpaired) electrons. The number of hydrogen-bond donors (Lipinski definition) is 1. The van der Waals surface area contributed by atoms with Crippen molar-refractivity contribution >= 4 is 34.1 Å². The number of nitrogens with zero attached hydrogens (tertiary/aromatic N) is 2. The van der Waals surface area contributed by atoms with E-state index in [1.165, 1.54) is 0 Å². The normalized spacial score (nSPS) is 18.9. The minimum Gasteiger partial charge on any atom is -0.497 e. The summed E-state index contributed by atoms with van der Waals surface area (Å²) in [6.07, 6.45) is 1.78. The Morgan fingerprint density at radius 3 is 2.62 bits per heavy atom. The van der Waals surface area contributed by atoms with E-state index in [1.807, 2.05) is 37.3 Å². The van der Waals surface area contributed by atoms with Crippen LogP contribution in [0.5, 0.6) is 5.75 Å². The van der Waals surface area contributed by atoms with Gasteiger partial charge in [-0.25, -0.2) is 5.01 Å². The monoisotopic (exact) mass is 479 g/mol. The van der Waals surface area contributed by atoms with E-state index in [-0.39, 0.29) is 23.4 Å². The van der Waals surface area contributed by atoms with E-state index in [2.05, 4.69) is 4.98 Å². The summed E-state index contributed by atoms with van der Waals surface area (Å²) >= 11 is 6.23. The van der Waals surface area contributed by atoms with Gasteiger partial charge in [-0.05, 0) is 61.2 Å². The number of aryl methyl sites for hydroxylation is 1. The summed E-state index contributed by atoms with van der Waals surface area (Å²) in [5.74, 6) is 0.563. The minimum absolute atomic E-state index is 0.0305. The van der Waals surface area contributed by atoms with Gasteiger partial charge in [-0.1, -0.05) is 23.7 Å². The maximum atomic E-state index is 13.5. The van der Waals surface area contributed by atoms with Crippen molar-refractivity contribution in [2.75, 3.05) is 20.3 Å². The number of rotatable bonds is 4. The van der Waals surface area contributed by atoms with Gasteiger partial charge in [-0.3, -0.25) is 9.59 Å². The summed E-state index contributed by atoms with van der Waals surface area (Å²) in [7, 11) is 1.62. The smallest absolute Gasteiger partial charge is 0.257 e. The fourth-order valence-corrected chi connectivity index (χ4v) is 5.03. The van der Waals surface area contributed by atoms with Crippen molar-refractivity contribution in [2.24, 2.45) is 11.0 Å². The Morgan fingerprint density at radius 2 is 1.91 bits per heavy atom. The van der Waals surface area contributed by atoms with Crippen molar-refractivity contribution in [2.45, 2.75) is 32.2 Å². The second kappa shape index (κ2) is 9.24. The number of aromatic nitrogens is 1. The number of methoxy groups -OCH3 is 1. The van der Waals surface area contributed by atoms with Crippen LogP contribution < -0.4 is 10.3 Å². The van der Waals surface area contributed by atoms with Crippen LogP contribution in [-0.2, 0) is 9.53 Å². The lowest BCUT2D eigenvalue weighted by Crippen LogP contribution is -2.35. The molecule has 1 atom stereocenters. The predicted octanol–water partition coefficient (Wildman–Crippen LogP) is 4.60. The number of carbonyl (C=O) groups excluding carboxylic acids is 1. The Balaban J connectivity index is 1.58. The number of hydrogen-bond acceptors (Lipinski definition) is 5. The zero-order valence-corrected chi connectivity index (χ0v) is 19.9. The standard InChI is InChI=1S/C26H26ClN3O4/c1-15-20-13-18(27)5-8-21(20)28-25(31)24(15)22-14-23(16-3-6-19(33-2)7-4-16)30(29-22)26(32)17-9-11-34-12-10-17/h3-8,13,17,23H,9-12,14H2,1-2H3,(H,28,31). The highest BCUT2D eigenvalue weighted by Crippen LogP contribution is 2.36. The van der Waals surface area contributed by atoms with E-state index in [0.29, 0.717) is 48.8 Å². The van der Waals surface area contributed by atoms with Gasteiger partial charge in [0.05, 0.1) is 24.4 Å². The Morgan fingerprint density at radius 1 is 1.18 bits per heavy atom. The molecule has 0 aliphatic carbocycles. The summed E-state index contributed by atoms with van der Waals surface area (Å²) in [6, 6.07) is 12.7. The molecule has 0 bridgehead atoms. The van der Waals surface area contributed by atoms with Crippen LogP contribution in [0.1, 0.15) is 42.0 Å². The number of hydrazone groups is 1. The molecule has 5 rings (SSSR count). The number of fused-ring (bicyclic) bond motifs is 1. The van der Waals surface area contributed by atoms with E-state index in [0.717, 1.165) is 27.8 Å². The molecule has 8 heteroatoms. The molecule has 3 heterocycles. The van der Waals surface area contributed by atoms with E-state index in [1.54, 1.807) is 24.3 Å². The number of ether oxygens (including phenoxy) is 2. The zero-order valence-electron chi connectivity index (χ0n) is 19.1. The second-order valence-corrected chi connectivity index (χ2v) is 9.19. The van der Waals surface area contributed by atoms with Crippen molar-refractivity contribution in [1.82, 2.24) is 9.99 Å². The zero-order chi connectivity index (χ0) is 23.8. The highest BCUT2D eigenvalue weighted by molar-refractivity contribution is 6.31.